The van der Waals surface area contributed by atoms with E-state index in [1.165, 1.54) is 11.1 Å². The van der Waals surface area contributed by atoms with Gasteiger partial charge >= 0.3 is 0 Å². The zero-order valence-electron chi connectivity index (χ0n) is 6.81. The van der Waals surface area contributed by atoms with E-state index >= 15 is 0 Å². The first-order valence-electron chi connectivity index (χ1n) is 3.66. The highest BCUT2D eigenvalue weighted by Gasteiger charge is 1.94. The van der Waals surface area contributed by atoms with Gasteiger partial charge in [-0.05, 0) is 31.4 Å². The summed E-state index contributed by atoms with van der Waals surface area (Å²) in [6.45, 7) is 6.29. The minimum absolute atomic E-state index is 1.08. The van der Waals surface area contributed by atoms with Crippen molar-refractivity contribution in [2.45, 2.75) is 27.2 Å². The van der Waals surface area contributed by atoms with Gasteiger partial charge in [0, 0.05) is 11.9 Å². The molecule has 1 aromatic heterocycles. The third-order valence-electron chi connectivity index (χ3n) is 1.71. The van der Waals surface area contributed by atoms with Crippen molar-refractivity contribution in [3.05, 3.63) is 29.1 Å². The molecule has 0 atom stereocenters. The molecule has 0 bridgehead atoms. The van der Waals surface area contributed by atoms with E-state index in [9.17, 15) is 0 Å². The Kier molecular flexibility index (Phi) is 2.05. The van der Waals surface area contributed by atoms with Gasteiger partial charge in [0.15, 0.2) is 0 Å². The van der Waals surface area contributed by atoms with E-state index in [4.69, 9.17) is 0 Å². The molecule has 1 aromatic rings. The lowest BCUT2D eigenvalue weighted by atomic mass is 10.1. The normalized spacial score (nSPS) is 9.90. The van der Waals surface area contributed by atoms with Crippen LogP contribution in [-0.4, -0.2) is 4.98 Å². The Bertz CT molecular complexity index is 228. The molecule has 54 valence electrons. The summed E-state index contributed by atoms with van der Waals surface area (Å²) in [6, 6.07) is 2.20. The average molecular weight is 135 g/mol. The maximum absolute atomic E-state index is 4.25. The quantitative estimate of drug-likeness (QED) is 0.575. The molecule has 0 saturated carbocycles. The fourth-order valence-electron chi connectivity index (χ4n) is 1.06. The lowest BCUT2D eigenvalue weighted by Gasteiger charge is -2.01. The Balaban J connectivity index is 3.09. The van der Waals surface area contributed by atoms with Crippen LogP contribution in [0.3, 0.4) is 0 Å². The topological polar surface area (TPSA) is 12.9 Å². The molecule has 0 aromatic carbocycles. The molecular weight excluding hydrogens is 122 g/mol. The van der Waals surface area contributed by atoms with E-state index in [1.54, 1.807) is 0 Å². The highest BCUT2D eigenvalue weighted by Crippen LogP contribution is 2.06. The second-order valence-corrected chi connectivity index (χ2v) is 2.61. The Hall–Kier alpha value is -0.850. The molecule has 0 radical (unpaired) electrons. The van der Waals surface area contributed by atoms with Crippen molar-refractivity contribution in [1.82, 2.24) is 4.98 Å². The van der Waals surface area contributed by atoms with Crippen LogP contribution in [0.25, 0.3) is 0 Å². The predicted octanol–water partition coefficient (Wildman–Crippen LogP) is 2.26. The molecule has 0 spiro atoms. The minimum Gasteiger partial charge on any atom is -0.261 e. The number of rotatable bonds is 1. The summed E-state index contributed by atoms with van der Waals surface area (Å²) in [4.78, 5) is 4.25. The second kappa shape index (κ2) is 2.82. The van der Waals surface area contributed by atoms with Crippen molar-refractivity contribution in [2.75, 3.05) is 0 Å². The molecule has 10 heavy (non-hydrogen) atoms. The fourth-order valence-corrected chi connectivity index (χ4v) is 1.06. The number of hydrogen-bond donors (Lipinski definition) is 0. The van der Waals surface area contributed by atoms with Gasteiger partial charge in [-0.15, -0.1) is 0 Å². The number of pyridine rings is 1. The molecule has 0 N–H and O–H groups in total. The molecule has 1 nitrogen and oxygen atoms in total. The number of hydrogen-bond acceptors (Lipinski definition) is 1. The molecule has 1 rings (SSSR count). The van der Waals surface area contributed by atoms with Crippen molar-refractivity contribution in [2.24, 2.45) is 0 Å². The smallest absolute Gasteiger partial charge is 0.0404 e. The summed E-state index contributed by atoms with van der Waals surface area (Å²) >= 11 is 0. The summed E-state index contributed by atoms with van der Waals surface area (Å²) in [7, 11) is 0. The largest absolute Gasteiger partial charge is 0.261 e. The van der Waals surface area contributed by atoms with E-state index in [1.807, 2.05) is 6.20 Å². The Labute approximate surface area is 62.1 Å². The van der Waals surface area contributed by atoms with Crippen molar-refractivity contribution in [1.29, 1.82) is 0 Å². The molecule has 0 amide bonds. The molecule has 0 unspecified atom stereocenters. The van der Waals surface area contributed by atoms with Crippen LogP contribution >= 0.6 is 0 Å². The Morgan fingerprint density at radius 1 is 1.40 bits per heavy atom. The van der Waals surface area contributed by atoms with Crippen LogP contribution in [0.4, 0.5) is 0 Å². The van der Waals surface area contributed by atoms with Crippen LogP contribution in [0, 0.1) is 13.8 Å². The zero-order valence-corrected chi connectivity index (χ0v) is 6.81. The standard InChI is InChI=1S/C9H13N/c1-4-9-5-7(2)6-10-8(9)3/h5-6H,4H2,1-3H3. The number of aryl methyl sites for hydroxylation is 3. The highest BCUT2D eigenvalue weighted by atomic mass is 14.7. The summed E-state index contributed by atoms with van der Waals surface area (Å²) in [5.74, 6) is 0. The van der Waals surface area contributed by atoms with Crippen LogP contribution in [0.15, 0.2) is 12.3 Å². The van der Waals surface area contributed by atoms with Crippen LogP contribution in [0.5, 0.6) is 0 Å². The first-order valence-corrected chi connectivity index (χ1v) is 3.66. The molecule has 0 aliphatic heterocycles. The van der Waals surface area contributed by atoms with Gasteiger partial charge < -0.3 is 0 Å². The van der Waals surface area contributed by atoms with Crippen LogP contribution in [0.2, 0.25) is 0 Å². The number of nitrogens with zero attached hydrogens (tertiary/aromatic N) is 1. The Morgan fingerprint density at radius 3 is 2.60 bits per heavy atom. The molecular formula is C9H13N. The molecule has 0 aliphatic carbocycles. The Morgan fingerprint density at radius 2 is 2.10 bits per heavy atom. The second-order valence-electron chi connectivity index (χ2n) is 2.61. The highest BCUT2D eigenvalue weighted by molar-refractivity contribution is 5.23. The fraction of sp³-hybridized carbons (Fsp3) is 0.444. The third kappa shape index (κ3) is 1.35. The van der Waals surface area contributed by atoms with E-state index in [2.05, 4.69) is 31.8 Å². The summed E-state index contributed by atoms with van der Waals surface area (Å²) < 4.78 is 0. The lowest BCUT2D eigenvalue weighted by Crippen LogP contribution is -1.90. The summed E-state index contributed by atoms with van der Waals surface area (Å²) in [5.41, 5.74) is 3.77. The van der Waals surface area contributed by atoms with Gasteiger partial charge in [0.2, 0.25) is 0 Å². The number of aromatic nitrogens is 1. The van der Waals surface area contributed by atoms with Crippen LogP contribution < -0.4 is 0 Å². The maximum Gasteiger partial charge on any atom is 0.0404 e. The van der Waals surface area contributed by atoms with Gasteiger partial charge in [0.25, 0.3) is 0 Å². The van der Waals surface area contributed by atoms with Crippen LogP contribution in [0.1, 0.15) is 23.7 Å². The minimum atomic E-state index is 1.08. The first kappa shape index (κ1) is 7.26. The molecule has 0 aliphatic rings. The van der Waals surface area contributed by atoms with Crippen molar-refractivity contribution >= 4 is 0 Å². The van der Waals surface area contributed by atoms with Gasteiger partial charge in [-0.2, -0.15) is 0 Å². The summed E-state index contributed by atoms with van der Waals surface area (Å²) in [5, 5.41) is 0. The van der Waals surface area contributed by atoms with E-state index < -0.39 is 0 Å². The van der Waals surface area contributed by atoms with E-state index in [0.29, 0.717) is 0 Å². The zero-order chi connectivity index (χ0) is 7.56. The molecule has 1 heterocycles. The molecule has 0 saturated heterocycles. The van der Waals surface area contributed by atoms with Gasteiger partial charge in [0.05, 0.1) is 0 Å². The average Bonchev–Trinajstić information content (AvgIpc) is 1.94. The lowest BCUT2D eigenvalue weighted by molar-refractivity contribution is 1.03. The molecule has 1 heteroatoms. The summed E-state index contributed by atoms with van der Waals surface area (Å²) in [6.07, 6.45) is 3.00. The predicted molar refractivity (Wildman–Crippen MR) is 43.1 cm³/mol. The van der Waals surface area contributed by atoms with E-state index in [-0.39, 0.29) is 0 Å². The van der Waals surface area contributed by atoms with Gasteiger partial charge in [0.1, 0.15) is 0 Å². The molecule has 0 fully saturated rings. The third-order valence-corrected chi connectivity index (χ3v) is 1.71. The maximum atomic E-state index is 4.25. The van der Waals surface area contributed by atoms with Crippen LogP contribution in [-0.2, 0) is 6.42 Å². The van der Waals surface area contributed by atoms with Gasteiger partial charge in [-0.1, -0.05) is 13.0 Å². The van der Waals surface area contributed by atoms with Crippen molar-refractivity contribution in [3.8, 4) is 0 Å². The SMILES string of the molecule is CCc1cc(C)cnc1C. The monoisotopic (exact) mass is 135 g/mol. The van der Waals surface area contributed by atoms with Crippen molar-refractivity contribution in [3.63, 3.8) is 0 Å². The van der Waals surface area contributed by atoms with Gasteiger partial charge in [-0.25, -0.2) is 0 Å². The van der Waals surface area contributed by atoms with E-state index in [0.717, 1.165) is 12.1 Å². The van der Waals surface area contributed by atoms with Crippen molar-refractivity contribution < 1.29 is 0 Å². The first-order chi connectivity index (χ1) is 4.74. The van der Waals surface area contributed by atoms with Gasteiger partial charge in [-0.3, -0.25) is 4.98 Å².